The molecule has 6 atom stereocenters. The van der Waals surface area contributed by atoms with Crippen LogP contribution in [0, 0.1) is 11.8 Å². The van der Waals surface area contributed by atoms with Crippen molar-refractivity contribution in [1.29, 1.82) is 0 Å². The van der Waals surface area contributed by atoms with Crippen molar-refractivity contribution >= 4 is 7.80 Å². The Morgan fingerprint density at radius 2 is 1.85 bits per heavy atom. The van der Waals surface area contributed by atoms with E-state index in [0.717, 1.165) is 6.42 Å². The second kappa shape index (κ2) is 7.20. The first-order chi connectivity index (χ1) is 12.7. The third kappa shape index (κ3) is 4.13. The summed E-state index contributed by atoms with van der Waals surface area (Å²) in [6.45, 7) is 9.46. The monoisotopic (exact) mass is 392 g/mol. The van der Waals surface area contributed by atoms with E-state index >= 15 is 0 Å². The Kier molecular flexibility index (Phi) is 5.19. The van der Waals surface area contributed by atoms with Gasteiger partial charge in [-0.15, -0.1) is 0 Å². The van der Waals surface area contributed by atoms with Gasteiger partial charge in [-0.05, 0) is 39.7 Å². The molecule has 4 rings (SSSR count). The third-order valence-corrected chi connectivity index (χ3v) is 7.91. The zero-order valence-electron chi connectivity index (χ0n) is 16.7. The van der Waals surface area contributed by atoms with Gasteiger partial charge in [0.1, 0.15) is 6.10 Å². The largest absolute Gasteiger partial charge is 0.366 e. The lowest BCUT2D eigenvalue weighted by molar-refractivity contribution is -0.147. The van der Waals surface area contributed by atoms with Crippen molar-refractivity contribution < 1.29 is 18.8 Å². The van der Waals surface area contributed by atoms with Gasteiger partial charge in [-0.3, -0.25) is 5.32 Å². The van der Waals surface area contributed by atoms with Crippen molar-refractivity contribution in [3.63, 3.8) is 0 Å². The minimum atomic E-state index is -1.43. The summed E-state index contributed by atoms with van der Waals surface area (Å²) in [5, 5.41) is 3.54. The fourth-order valence-electron chi connectivity index (χ4n) is 4.86. The number of hydrogen-bond donors (Lipinski definition) is 1. The number of ether oxygens (including phenoxy) is 3. The average Bonchev–Trinajstić information content (AvgIpc) is 3.12. The first-order valence-corrected chi connectivity index (χ1v) is 11.5. The van der Waals surface area contributed by atoms with E-state index in [0.29, 0.717) is 25.2 Å². The van der Waals surface area contributed by atoms with Gasteiger partial charge in [0.15, 0.2) is 11.9 Å². The molecule has 0 radical (unpaired) electrons. The lowest BCUT2D eigenvalue weighted by Gasteiger charge is -2.34. The van der Waals surface area contributed by atoms with Gasteiger partial charge in [0.25, 0.3) is 0 Å². The highest BCUT2D eigenvalue weighted by molar-refractivity contribution is 7.45. The van der Waals surface area contributed by atoms with Gasteiger partial charge in [-0.2, -0.15) is 0 Å². The molecule has 0 spiro atoms. The first-order valence-electron chi connectivity index (χ1n) is 9.95. The van der Waals surface area contributed by atoms with Crippen LogP contribution in [0.4, 0.5) is 0 Å². The standard InChI is InChI=1S/C21H31NO4P/c1-20(2)10-15-16(17-12-24-21(3,4)25-17)13-27(23)19(18(15)26-20)22-11-14-8-6-5-7-9-14/h5-9,15-19,22H,10-13H2,1-4H3/q+1. The molecule has 6 heteroatoms. The molecule has 27 heavy (non-hydrogen) atoms. The smallest absolute Gasteiger partial charge is 0.360 e. The Morgan fingerprint density at radius 1 is 1.11 bits per heavy atom. The Morgan fingerprint density at radius 3 is 2.52 bits per heavy atom. The first kappa shape index (κ1) is 19.5. The molecule has 0 aliphatic carbocycles. The van der Waals surface area contributed by atoms with Gasteiger partial charge in [-0.1, -0.05) is 34.9 Å². The maximum Gasteiger partial charge on any atom is 0.360 e. The van der Waals surface area contributed by atoms with Gasteiger partial charge in [0.05, 0.1) is 18.3 Å². The Bertz CT molecular complexity index is 693. The highest BCUT2D eigenvalue weighted by atomic mass is 31.1. The summed E-state index contributed by atoms with van der Waals surface area (Å²) in [6.07, 6.45) is 1.60. The molecule has 3 aliphatic rings. The van der Waals surface area contributed by atoms with E-state index in [1.807, 2.05) is 32.0 Å². The van der Waals surface area contributed by atoms with E-state index < -0.39 is 13.6 Å². The lowest BCUT2D eigenvalue weighted by atomic mass is 9.80. The average molecular weight is 392 g/mol. The van der Waals surface area contributed by atoms with Crippen LogP contribution in [0.3, 0.4) is 0 Å². The normalized spacial score (nSPS) is 38.7. The van der Waals surface area contributed by atoms with Crippen LogP contribution in [-0.4, -0.2) is 42.1 Å². The predicted molar refractivity (Wildman–Crippen MR) is 105 cm³/mol. The molecule has 1 aromatic carbocycles. The van der Waals surface area contributed by atoms with E-state index in [1.165, 1.54) is 5.56 Å². The molecular formula is C21H31NO4P+. The third-order valence-electron chi connectivity index (χ3n) is 6.03. The molecule has 148 valence electrons. The van der Waals surface area contributed by atoms with Crippen molar-refractivity contribution in [3.05, 3.63) is 35.9 Å². The van der Waals surface area contributed by atoms with Gasteiger partial charge >= 0.3 is 7.80 Å². The van der Waals surface area contributed by atoms with Crippen LogP contribution in [0.2, 0.25) is 0 Å². The number of rotatable bonds is 4. The molecule has 0 saturated carbocycles. The van der Waals surface area contributed by atoms with Gasteiger partial charge in [0.2, 0.25) is 5.78 Å². The van der Waals surface area contributed by atoms with E-state index in [1.54, 1.807) is 0 Å². The predicted octanol–water partition coefficient (Wildman–Crippen LogP) is 3.89. The topological polar surface area (TPSA) is 56.8 Å². The maximum atomic E-state index is 13.2. The summed E-state index contributed by atoms with van der Waals surface area (Å²) in [5.41, 5.74) is 1.00. The molecule has 3 aliphatic heterocycles. The number of hydrogen-bond acceptors (Lipinski definition) is 5. The molecule has 0 amide bonds. The van der Waals surface area contributed by atoms with Crippen LogP contribution in [0.25, 0.3) is 0 Å². The number of benzene rings is 1. The summed E-state index contributed by atoms with van der Waals surface area (Å²) in [7, 11) is -1.43. The number of nitrogens with one attached hydrogen (secondary N) is 1. The summed E-state index contributed by atoms with van der Waals surface area (Å²) in [6, 6.07) is 10.3. The van der Waals surface area contributed by atoms with Crippen LogP contribution in [0.5, 0.6) is 0 Å². The van der Waals surface area contributed by atoms with Crippen molar-refractivity contribution in [3.8, 4) is 0 Å². The van der Waals surface area contributed by atoms with Crippen LogP contribution < -0.4 is 5.32 Å². The molecule has 5 nitrogen and oxygen atoms in total. The van der Waals surface area contributed by atoms with Gasteiger partial charge < -0.3 is 14.2 Å². The molecule has 3 heterocycles. The SMILES string of the molecule is CC1(C)CC2C(C3COC(C)(C)O3)C[P+](=O)C(NCc3ccccc3)C2O1. The Labute approximate surface area is 162 Å². The lowest BCUT2D eigenvalue weighted by Crippen LogP contribution is -2.50. The fraction of sp³-hybridized carbons (Fsp3) is 0.714. The molecule has 3 saturated heterocycles. The van der Waals surface area contributed by atoms with Crippen molar-refractivity contribution in [2.24, 2.45) is 11.8 Å². The minimum absolute atomic E-state index is 0.000904. The Hall–Kier alpha value is -0.840. The van der Waals surface area contributed by atoms with E-state index in [4.69, 9.17) is 14.2 Å². The zero-order chi connectivity index (χ0) is 19.2. The van der Waals surface area contributed by atoms with Gasteiger partial charge in [-0.25, -0.2) is 0 Å². The molecule has 6 unspecified atom stereocenters. The second-order valence-electron chi connectivity index (χ2n) is 9.15. The molecule has 1 aromatic rings. The van der Waals surface area contributed by atoms with E-state index in [9.17, 15) is 4.57 Å². The van der Waals surface area contributed by atoms with Crippen molar-refractivity contribution in [2.45, 2.75) is 70.0 Å². The molecular weight excluding hydrogens is 361 g/mol. The van der Waals surface area contributed by atoms with E-state index in [-0.39, 0.29) is 29.5 Å². The highest BCUT2D eigenvalue weighted by Gasteiger charge is 2.61. The van der Waals surface area contributed by atoms with E-state index in [2.05, 4.69) is 31.3 Å². The minimum Gasteiger partial charge on any atom is -0.366 e. The van der Waals surface area contributed by atoms with Crippen molar-refractivity contribution in [1.82, 2.24) is 5.32 Å². The van der Waals surface area contributed by atoms with Crippen LogP contribution in [-0.2, 0) is 25.3 Å². The molecule has 1 N–H and O–H groups in total. The molecule has 0 aromatic heterocycles. The number of fused-ring (bicyclic) bond motifs is 1. The van der Waals surface area contributed by atoms with Crippen LogP contribution >= 0.6 is 7.80 Å². The van der Waals surface area contributed by atoms with Crippen LogP contribution in [0.15, 0.2) is 30.3 Å². The Balaban J connectivity index is 1.51. The summed E-state index contributed by atoms with van der Waals surface area (Å²) >= 11 is 0. The summed E-state index contributed by atoms with van der Waals surface area (Å²) in [4.78, 5) is 0. The van der Waals surface area contributed by atoms with Gasteiger partial charge in [0, 0.05) is 18.4 Å². The molecule has 3 fully saturated rings. The summed E-state index contributed by atoms with van der Waals surface area (Å²) < 4.78 is 31.6. The second-order valence-corrected chi connectivity index (χ2v) is 10.9. The maximum absolute atomic E-state index is 13.2. The zero-order valence-corrected chi connectivity index (χ0v) is 17.6. The fourth-order valence-corrected chi connectivity index (χ4v) is 6.91. The summed E-state index contributed by atoms with van der Waals surface area (Å²) in [5.74, 6) is -0.109. The molecule has 0 bridgehead atoms. The quantitative estimate of drug-likeness (QED) is 0.788. The van der Waals surface area contributed by atoms with Crippen molar-refractivity contribution in [2.75, 3.05) is 12.8 Å². The van der Waals surface area contributed by atoms with Crippen LogP contribution in [0.1, 0.15) is 39.7 Å². The highest BCUT2D eigenvalue weighted by Crippen LogP contribution is 2.53.